The summed E-state index contributed by atoms with van der Waals surface area (Å²) in [6.45, 7) is 10.5. The number of benzene rings is 2. The van der Waals surface area contributed by atoms with Crippen molar-refractivity contribution in [2.45, 2.75) is 100 Å². The SMILES string of the molecule is CCC(=O)C1=C(O)C(Cc2c(O)c(Cc3c(O)c(C[C@H]4C(=O)[C@H](C(=O)CC)C(=O)C(C)(C)C4=O)c(O)c(C(=O)CC)c3O)c(O)c(C(=O)CC)c2O)=C(O)C(C)(C)C1=O. The molecular weight excluding hydrogens is 772 g/mol. The highest BCUT2D eigenvalue weighted by Gasteiger charge is 2.56. The van der Waals surface area contributed by atoms with E-state index in [0.717, 1.165) is 0 Å². The van der Waals surface area contributed by atoms with Crippen LogP contribution in [0.4, 0.5) is 0 Å². The van der Waals surface area contributed by atoms with Gasteiger partial charge in [-0.3, -0.25) is 38.4 Å². The first kappa shape index (κ1) is 45.4. The number of rotatable bonds is 14. The monoisotopic (exact) mass is 820 g/mol. The van der Waals surface area contributed by atoms with Crippen LogP contribution in [0.3, 0.4) is 0 Å². The Hall–Kier alpha value is -6.32. The summed E-state index contributed by atoms with van der Waals surface area (Å²) in [5.41, 5.74) is -9.17. The van der Waals surface area contributed by atoms with Crippen molar-refractivity contribution in [1.29, 1.82) is 0 Å². The van der Waals surface area contributed by atoms with Crippen molar-refractivity contribution in [3.63, 3.8) is 0 Å². The van der Waals surface area contributed by atoms with Crippen LogP contribution in [0.25, 0.3) is 0 Å². The Morgan fingerprint density at radius 3 is 1.39 bits per heavy atom. The summed E-state index contributed by atoms with van der Waals surface area (Å²) in [5.74, 6) is -19.1. The van der Waals surface area contributed by atoms with Crippen molar-refractivity contribution >= 4 is 46.3 Å². The highest BCUT2D eigenvalue weighted by molar-refractivity contribution is 6.33. The van der Waals surface area contributed by atoms with Crippen LogP contribution in [0.1, 0.15) is 124 Å². The second kappa shape index (κ2) is 16.1. The van der Waals surface area contributed by atoms with Crippen LogP contribution < -0.4 is 0 Å². The maximum absolute atomic E-state index is 13.7. The minimum Gasteiger partial charge on any atom is -0.511 e. The summed E-state index contributed by atoms with van der Waals surface area (Å²) in [5, 5.41) is 91.6. The van der Waals surface area contributed by atoms with E-state index in [4.69, 9.17) is 0 Å². The van der Waals surface area contributed by atoms with Crippen molar-refractivity contribution in [1.82, 2.24) is 0 Å². The molecule has 0 unspecified atom stereocenters. The maximum atomic E-state index is 13.7. The number of phenolic OH excluding ortho intramolecular Hbond substituents is 6. The van der Waals surface area contributed by atoms with Crippen LogP contribution in [0.2, 0.25) is 0 Å². The lowest BCUT2D eigenvalue weighted by atomic mass is 9.62. The minimum absolute atomic E-state index is 0.231. The van der Waals surface area contributed by atoms with E-state index >= 15 is 0 Å². The first-order chi connectivity index (χ1) is 27.3. The van der Waals surface area contributed by atoms with Crippen LogP contribution in [-0.4, -0.2) is 87.1 Å². The summed E-state index contributed by atoms with van der Waals surface area (Å²) in [6.07, 6.45) is -3.94. The van der Waals surface area contributed by atoms with Gasteiger partial charge in [0.05, 0.1) is 16.7 Å². The number of hydrogen-bond acceptors (Lipinski definition) is 16. The standard InChI is InChI=1S/C43H48O16/c1-9-22(44)26-32(50)16(30(48)18(34(26)52)14-20-36(54)28(24(46)11-3)40(58)42(5,6)38(20)56)13-17-31(49)19(35(53)27(33(17)51)23(45)10-2)15-21-37(55)29(25(47)12-4)41(59)43(7,8)39(21)57/h20,28,48-53,55,57H,9-15H2,1-8H3/t20-,28-/m0/s1. The molecule has 0 radical (unpaired) electrons. The Bertz CT molecular complexity index is 2330. The van der Waals surface area contributed by atoms with Gasteiger partial charge in [-0.05, 0) is 34.1 Å². The van der Waals surface area contributed by atoms with E-state index in [-0.39, 0.29) is 25.7 Å². The molecule has 2 atom stereocenters. The molecule has 59 heavy (non-hydrogen) atoms. The number of carbonyl (C=O) groups excluding carboxylic acids is 8. The Labute approximate surface area is 338 Å². The van der Waals surface area contributed by atoms with Gasteiger partial charge in [-0.25, -0.2) is 0 Å². The minimum atomic E-state index is -1.87. The molecule has 0 spiro atoms. The summed E-state index contributed by atoms with van der Waals surface area (Å²) in [4.78, 5) is 106. The van der Waals surface area contributed by atoms with Gasteiger partial charge in [-0.1, -0.05) is 27.7 Å². The number of ketones is 8. The average molecular weight is 821 g/mol. The second-order valence-corrected chi connectivity index (χ2v) is 15.7. The molecule has 0 bridgehead atoms. The molecule has 0 aliphatic heterocycles. The molecular formula is C43H48O16. The molecule has 4 rings (SSSR count). The first-order valence-corrected chi connectivity index (χ1v) is 19.0. The fraction of sp³-hybridized carbons (Fsp3) is 0.442. The fourth-order valence-corrected chi connectivity index (χ4v) is 7.63. The van der Waals surface area contributed by atoms with E-state index < -0.39 is 179 Å². The number of phenols is 6. The Morgan fingerprint density at radius 2 is 0.949 bits per heavy atom. The lowest BCUT2D eigenvalue weighted by molar-refractivity contribution is -0.157. The summed E-state index contributed by atoms with van der Waals surface area (Å²) >= 11 is 0. The molecule has 1 fully saturated rings. The topological polar surface area (TPSA) is 298 Å². The van der Waals surface area contributed by atoms with Gasteiger partial charge < -0.3 is 40.9 Å². The molecule has 2 aliphatic rings. The lowest BCUT2D eigenvalue weighted by Gasteiger charge is -2.36. The van der Waals surface area contributed by atoms with Gasteiger partial charge >= 0.3 is 0 Å². The third-order valence-corrected chi connectivity index (χ3v) is 11.5. The third-order valence-electron chi connectivity index (χ3n) is 11.5. The molecule has 0 heterocycles. The third kappa shape index (κ3) is 7.14. The predicted molar refractivity (Wildman–Crippen MR) is 207 cm³/mol. The van der Waals surface area contributed by atoms with Crippen molar-refractivity contribution in [3.8, 4) is 34.5 Å². The molecule has 0 aromatic heterocycles. The van der Waals surface area contributed by atoms with Crippen molar-refractivity contribution in [2.24, 2.45) is 22.7 Å². The van der Waals surface area contributed by atoms with Crippen LogP contribution in [0.5, 0.6) is 34.5 Å². The maximum Gasteiger partial charge on any atom is 0.183 e. The summed E-state index contributed by atoms with van der Waals surface area (Å²) < 4.78 is 0. The average Bonchev–Trinajstić information content (AvgIpc) is 3.18. The zero-order valence-corrected chi connectivity index (χ0v) is 33.9. The molecule has 16 heteroatoms. The zero-order chi connectivity index (χ0) is 45.0. The van der Waals surface area contributed by atoms with Crippen molar-refractivity contribution in [2.75, 3.05) is 0 Å². The Balaban J connectivity index is 2.04. The quantitative estimate of drug-likeness (QED) is 0.0710. The number of allylic oxidation sites excluding steroid dienone is 3. The van der Waals surface area contributed by atoms with Gasteiger partial charge in [0.1, 0.15) is 68.6 Å². The number of aliphatic hydroxyl groups excluding tert-OH is 2. The lowest BCUT2D eigenvalue weighted by Crippen LogP contribution is -2.55. The van der Waals surface area contributed by atoms with Gasteiger partial charge in [0.15, 0.2) is 46.3 Å². The Kier molecular flexibility index (Phi) is 12.4. The fourth-order valence-electron chi connectivity index (χ4n) is 7.63. The molecule has 1 saturated carbocycles. The van der Waals surface area contributed by atoms with Crippen LogP contribution >= 0.6 is 0 Å². The smallest absolute Gasteiger partial charge is 0.183 e. The zero-order valence-electron chi connectivity index (χ0n) is 33.9. The molecule has 2 aromatic rings. The first-order valence-electron chi connectivity index (χ1n) is 19.0. The van der Waals surface area contributed by atoms with Gasteiger partial charge in [0, 0.05) is 66.4 Å². The molecule has 0 saturated heterocycles. The summed E-state index contributed by atoms with van der Waals surface area (Å²) in [6, 6.07) is 0. The number of aliphatic hydroxyl groups is 2. The van der Waals surface area contributed by atoms with Crippen LogP contribution in [-0.2, 0) is 48.0 Å². The number of carbonyl (C=O) groups is 8. The van der Waals surface area contributed by atoms with E-state index in [1.165, 1.54) is 55.4 Å². The van der Waals surface area contributed by atoms with E-state index in [1.807, 2.05) is 0 Å². The van der Waals surface area contributed by atoms with Gasteiger partial charge in [0.25, 0.3) is 0 Å². The van der Waals surface area contributed by atoms with E-state index in [1.54, 1.807) is 0 Å². The summed E-state index contributed by atoms with van der Waals surface area (Å²) in [7, 11) is 0. The van der Waals surface area contributed by atoms with Gasteiger partial charge in [0.2, 0.25) is 0 Å². The molecule has 316 valence electrons. The molecule has 0 amide bonds. The number of aromatic hydroxyl groups is 6. The second-order valence-electron chi connectivity index (χ2n) is 15.7. The van der Waals surface area contributed by atoms with E-state index in [0.29, 0.717) is 0 Å². The van der Waals surface area contributed by atoms with Crippen LogP contribution in [0.15, 0.2) is 22.7 Å². The van der Waals surface area contributed by atoms with Crippen LogP contribution in [0, 0.1) is 22.7 Å². The number of hydrogen-bond donors (Lipinski definition) is 8. The highest BCUT2D eigenvalue weighted by Crippen LogP contribution is 2.51. The van der Waals surface area contributed by atoms with Crippen molar-refractivity contribution in [3.05, 3.63) is 56.0 Å². The van der Waals surface area contributed by atoms with Gasteiger partial charge in [-0.2, -0.15) is 0 Å². The number of Topliss-reactive ketones (excluding diaryl/α,β-unsaturated/α-hetero) is 8. The Morgan fingerprint density at radius 1 is 0.525 bits per heavy atom. The normalized spacial score (nSPS) is 19.1. The predicted octanol–water partition coefficient (Wildman–Crippen LogP) is 4.95. The molecule has 2 aliphatic carbocycles. The van der Waals surface area contributed by atoms with Gasteiger partial charge in [-0.15, -0.1) is 0 Å². The van der Waals surface area contributed by atoms with Crippen molar-refractivity contribution < 1.29 is 79.2 Å². The highest BCUT2D eigenvalue weighted by atomic mass is 16.3. The molecule has 8 N–H and O–H groups in total. The van der Waals surface area contributed by atoms with E-state index in [2.05, 4.69) is 0 Å². The largest absolute Gasteiger partial charge is 0.511 e. The molecule has 16 nitrogen and oxygen atoms in total. The molecule has 2 aromatic carbocycles. The van der Waals surface area contributed by atoms with E-state index in [9.17, 15) is 79.2 Å².